The molecule has 0 radical (unpaired) electrons. The minimum Gasteiger partial charge on any atom is -0.497 e. The molecule has 4 N–H and O–H groups in total. The number of ether oxygens (including phenoxy) is 1. The Morgan fingerprint density at radius 2 is 1.84 bits per heavy atom. The van der Waals surface area contributed by atoms with Gasteiger partial charge in [-0.3, -0.25) is 4.72 Å². The van der Waals surface area contributed by atoms with Gasteiger partial charge in [0.05, 0.1) is 24.2 Å². The van der Waals surface area contributed by atoms with E-state index >= 15 is 0 Å². The molecule has 1 aliphatic rings. The summed E-state index contributed by atoms with van der Waals surface area (Å²) in [6.45, 7) is 0. The van der Waals surface area contributed by atoms with E-state index in [1.165, 1.54) is 0 Å². The highest BCUT2D eigenvalue weighted by Gasteiger charge is 2.35. The van der Waals surface area contributed by atoms with E-state index < -0.39 is 10.0 Å². The van der Waals surface area contributed by atoms with Gasteiger partial charge in [0.25, 0.3) is 0 Å². The minimum atomic E-state index is -3.29. The molecule has 2 aromatic carbocycles. The molecule has 31 heavy (non-hydrogen) atoms. The topological polar surface area (TPSA) is 122 Å². The van der Waals surface area contributed by atoms with Crippen molar-refractivity contribution >= 4 is 44.5 Å². The molecule has 0 saturated heterocycles. The van der Waals surface area contributed by atoms with Crippen LogP contribution >= 0.6 is 0 Å². The monoisotopic (exact) mass is 440 g/mol. The zero-order valence-electron chi connectivity index (χ0n) is 17.2. The molecule has 0 aliphatic heterocycles. The van der Waals surface area contributed by atoms with Crippen LogP contribution in [-0.4, -0.2) is 37.8 Å². The number of nitrogens with zero attached hydrogens (tertiary/aromatic N) is 3. The maximum atomic E-state index is 12.1. The fourth-order valence-electron chi connectivity index (χ4n) is 2.96. The summed E-state index contributed by atoms with van der Waals surface area (Å²) in [4.78, 5) is 10.7. The summed E-state index contributed by atoms with van der Waals surface area (Å²) in [6.07, 6.45) is 2.97. The Bertz CT molecular complexity index is 1180. The third-order valence-corrected chi connectivity index (χ3v) is 6.79. The number of hydrogen-bond donors (Lipinski definition) is 3. The molecule has 9 nitrogen and oxygen atoms in total. The highest BCUT2D eigenvalue weighted by atomic mass is 32.2. The molecule has 1 aromatic heterocycles. The Labute approximate surface area is 181 Å². The predicted octanol–water partition coefficient (Wildman–Crippen LogP) is 3.48. The van der Waals surface area contributed by atoms with Crippen molar-refractivity contribution in [1.29, 1.82) is 0 Å². The van der Waals surface area contributed by atoms with Crippen LogP contribution in [0.15, 0.2) is 54.7 Å². The number of nitrogens with two attached hydrogens (primary N) is 1. The van der Waals surface area contributed by atoms with Gasteiger partial charge in [-0.1, -0.05) is 6.07 Å². The fraction of sp³-hybridized carbons (Fsp3) is 0.238. The predicted molar refractivity (Wildman–Crippen MR) is 123 cm³/mol. The zero-order valence-corrected chi connectivity index (χ0v) is 18.1. The smallest absolute Gasteiger partial charge is 0.235 e. The molecule has 1 aliphatic carbocycles. The lowest BCUT2D eigenvalue weighted by Crippen LogP contribution is -2.17. The second-order valence-electron chi connectivity index (χ2n) is 7.28. The molecule has 1 fully saturated rings. The highest BCUT2D eigenvalue weighted by Crippen LogP contribution is 2.31. The number of nitrogen functional groups attached to an aromatic ring is 1. The summed E-state index contributed by atoms with van der Waals surface area (Å²) in [6, 6.07) is 14.5. The highest BCUT2D eigenvalue weighted by molar-refractivity contribution is 7.93. The van der Waals surface area contributed by atoms with Crippen molar-refractivity contribution in [1.82, 2.24) is 9.97 Å². The number of methoxy groups -OCH3 is 1. The third kappa shape index (κ3) is 4.80. The zero-order chi connectivity index (χ0) is 22.0. The standard InChI is InChI=1S/C21H24N6O3S/c1-27(16-4-3-5-17(12-16)30-2)21-23-13-19(22)20(25-21)24-14-6-8-15(9-7-14)26-31(28,29)18-10-11-18/h3-9,12-13,18,26H,10-11,22H2,1-2H3,(H,23,24,25). The summed E-state index contributed by atoms with van der Waals surface area (Å²) in [5.41, 5.74) is 8.55. The second kappa shape index (κ2) is 8.31. The maximum absolute atomic E-state index is 12.1. The van der Waals surface area contributed by atoms with Crippen LogP contribution in [0.5, 0.6) is 5.75 Å². The summed E-state index contributed by atoms with van der Waals surface area (Å²) in [5.74, 6) is 1.64. The molecular weight excluding hydrogens is 416 g/mol. The average Bonchev–Trinajstić information content (AvgIpc) is 3.62. The average molecular weight is 441 g/mol. The first-order chi connectivity index (χ1) is 14.9. The molecule has 1 saturated carbocycles. The number of hydrogen-bond acceptors (Lipinski definition) is 8. The Balaban J connectivity index is 1.50. The molecule has 1 heterocycles. The van der Waals surface area contributed by atoms with Crippen molar-refractivity contribution in [3.63, 3.8) is 0 Å². The van der Waals surface area contributed by atoms with Crippen molar-refractivity contribution in [2.75, 3.05) is 34.8 Å². The Morgan fingerprint density at radius 3 is 2.52 bits per heavy atom. The van der Waals surface area contributed by atoms with E-state index in [0.717, 1.165) is 17.1 Å². The Kier molecular flexibility index (Phi) is 5.55. The number of anilines is 6. The maximum Gasteiger partial charge on any atom is 0.235 e. The van der Waals surface area contributed by atoms with E-state index in [1.807, 2.05) is 36.2 Å². The second-order valence-corrected chi connectivity index (χ2v) is 9.24. The van der Waals surface area contributed by atoms with E-state index in [0.29, 0.717) is 36.0 Å². The number of benzene rings is 2. The van der Waals surface area contributed by atoms with Gasteiger partial charge in [0.15, 0.2) is 5.82 Å². The molecule has 162 valence electrons. The van der Waals surface area contributed by atoms with E-state index in [-0.39, 0.29) is 5.25 Å². The van der Waals surface area contributed by atoms with Gasteiger partial charge >= 0.3 is 0 Å². The minimum absolute atomic E-state index is 0.272. The first-order valence-electron chi connectivity index (χ1n) is 9.75. The number of rotatable bonds is 8. The summed E-state index contributed by atoms with van der Waals surface area (Å²) < 4.78 is 32.0. The van der Waals surface area contributed by atoms with Crippen LogP contribution in [0.1, 0.15) is 12.8 Å². The lowest BCUT2D eigenvalue weighted by atomic mass is 10.3. The lowest BCUT2D eigenvalue weighted by Gasteiger charge is -2.19. The van der Waals surface area contributed by atoms with Crippen molar-refractivity contribution in [3.05, 3.63) is 54.7 Å². The molecule has 0 spiro atoms. The van der Waals surface area contributed by atoms with Gasteiger partial charge in [-0.2, -0.15) is 4.98 Å². The molecule has 0 unspecified atom stereocenters. The Morgan fingerprint density at radius 1 is 1.13 bits per heavy atom. The largest absolute Gasteiger partial charge is 0.497 e. The van der Waals surface area contributed by atoms with Crippen LogP contribution in [0.4, 0.5) is 34.5 Å². The van der Waals surface area contributed by atoms with E-state index in [9.17, 15) is 8.42 Å². The summed E-state index contributed by atoms with van der Waals surface area (Å²) in [5, 5.41) is 2.89. The number of sulfonamides is 1. The van der Waals surface area contributed by atoms with Crippen molar-refractivity contribution in [3.8, 4) is 5.75 Å². The molecule has 0 amide bonds. The van der Waals surface area contributed by atoms with Crippen LogP contribution in [0, 0.1) is 0 Å². The summed E-state index contributed by atoms with van der Waals surface area (Å²) in [7, 11) is 0.175. The molecular formula is C21H24N6O3S. The van der Waals surface area contributed by atoms with Crippen LogP contribution in [0.25, 0.3) is 0 Å². The third-order valence-electron chi connectivity index (χ3n) is 4.92. The van der Waals surface area contributed by atoms with Gasteiger partial charge in [-0.25, -0.2) is 13.4 Å². The van der Waals surface area contributed by atoms with Gasteiger partial charge in [-0.15, -0.1) is 0 Å². The fourth-order valence-corrected chi connectivity index (χ4v) is 4.35. The molecule has 4 rings (SSSR count). The number of nitrogens with one attached hydrogen (secondary N) is 2. The molecule has 0 atom stereocenters. The van der Waals surface area contributed by atoms with Gasteiger partial charge in [0, 0.05) is 30.2 Å². The normalized spacial score (nSPS) is 13.5. The molecule has 10 heteroatoms. The van der Waals surface area contributed by atoms with Crippen molar-refractivity contribution in [2.45, 2.75) is 18.1 Å². The SMILES string of the molecule is COc1cccc(N(C)c2ncc(N)c(Nc3ccc(NS(=O)(=O)C4CC4)cc3)n2)c1. The van der Waals surface area contributed by atoms with Gasteiger partial charge in [0.1, 0.15) is 5.75 Å². The van der Waals surface area contributed by atoms with Crippen LogP contribution in [-0.2, 0) is 10.0 Å². The quantitative estimate of drug-likeness (QED) is 0.487. The first kappa shape index (κ1) is 20.7. The van der Waals surface area contributed by atoms with E-state index in [4.69, 9.17) is 10.5 Å². The van der Waals surface area contributed by atoms with Crippen LogP contribution in [0.2, 0.25) is 0 Å². The van der Waals surface area contributed by atoms with E-state index in [2.05, 4.69) is 20.0 Å². The first-order valence-corrected chi connectivity index (χ1v) is 11.3. The van der Waals surface area contributed by atoms with Crippen molar-refractivity contribution < 1.29 is 13.2 Å². The Hall–Kier alpha value is -3.53. The molecule has 0 bridgehead atoms. The number of aromatic nitrogens is 2. The van der Waals surface area contributed by atoms with Crippen molar-refractivity contribution in [2.24, 2.45) is 0 Å². The van der Waals surface area contributed by atoms with Crippen LogP contribution < -0.4 is 25.4 Å². The molecule has 3 aromatic rings. The van der Waals surface area contributed by atoms with E-state index in [1.54, 1.807) is 37.6 Å². The van der Waals surface area contributed by atoms with Gasteiger partial charge < -0.3 is 20.7 Å². The summed E-state index contributed by atoms with van der Waals surface area (Å²) >= 11 is 0. The lowest BCUT2D eigenvalue weighted by molar-refractivity contribution is 0.415. The van der Waals surface area contributed by atoms with Gasteiger partial charge in [0.2, 0.25) is 16.0 Å². The van der Waals surface area contributed by atoms with Gasteiger partial charge in [-0.05, 0) is 49.2 Å². The van der Waals surface area contributed by atoms with Crippen LogP contribution in [0.3, 0.4) is 0 Å².